The van der Waals surface area contributed by atoms with Crippen molar-refractivity contribution in [2.24, 2.45) is 0 Å². The second-order valence-corrected chi connectivity index (χ2v) is 6.40. The lowest BCUT2D eigenvalue weighted by Crippen LogP contribution is -2.16. The molecule has 1 N–H and O–H groups in total. The molecule has 3 heterocycles. The third-order valence-electron chi connectivity index (χ3n) is 4.48. The van der Waals surface area contributed by atoms with Crippen LogP contribution in [0.1, 0.15) is 36.2 Å². The van der Waals surface area contributed by atoms with E-state index in [-0.39, 0.29) is 17.4 Å². The molecule has 27 heavy (non-hydrogen) atoms. The number of benzene rings is 1. The van der Waals surface area contributed by atoms with Crippen LogP contribution in [0.5, 0.6) is 5.75 Å². The quantitative estimate of drug-likeness (QED) is 0.658. The van der Waals surface area contributed by atoms with Gasteiger partial charge in [-0.1, -0.05) is 6.07 Å². The smallest absolute Gasteiger partial charge is 0.260 e. The molecule has 0 fully saturated rings. The van der Waals surface area contributed by atoms with E-state index in [1.807, 2.05) is 10.6 Å². The van der Waals surface area contributed by atoms with E-state index in [0.29, 0.717) is 23.9 Å². The minimum atomic E-state index is -0.453. The van der Waals surface area contributed by atoms with Crippen molar-refractivity contribution in [2.45, 2.75) is 25.8 Å². The first-order chi connectivity index (χ1) is 13.1. The van der Waals surface area contributed by atoms with Gasteiger partial charge in [0.05, 0.1) is 12.2 Å². The van der Waals surface area contributed by atoms with E-state index in [1.165, 1.54) is 18.2 Å². The number of carbonyl (C=O) groups excluding carboxylic acids is 1. The predicted molar refractivity (Wildman–Crippen MR) is 97.0 cm³/mol. The maximum absolute atomic E-state index is 13.6. The molecule has 0 radical (unpaired) electrons. The number of halogens is 1. The summed E-state index contributed by atoms with van der Waals surface area (Å²) in [5.41, 5.74) is 0.877. The predicted octanol–water partition coefficient (Wildman–Crippen LogP) is 3.47. The molecule has 0 unspecified atom stereocenters. The Hall–Kier alpha value is -3.29. The number of pyridine rings is 1. The van der Waals surface area contributed by atoms with Crippen LogP contribution in [0.4, 0.5) is 10.2 Å². The van der Waals surface area contributed by atoms with E-state index < -0.39 is 11.7 Å². The summed E-state index contributed by atoms with van der Waals surface area (Å²) in [4.78, 5) is 17.1. The first kappa shape index (κ1) is 17.1. The van der Waals surface area contributed by atoms with Gasteiger partial charge in [0.2, 0.25) is 0 Å². The fraction of sp³-hybridized carbons (Fsp3) is 0.263. The molecule has 138 valence electrons. The first-order valence-electron chi connectivity index (χ1n) is 8.72. The highest BCUT2D eigenvalue weighted by Gasteiger charge is 2.18. The summed E-state index contributed by atoms with van der Waals surface area (Å²) >= 11 is 0. The second-order valence-electron chi connectivity index (χ2n) is 6.40. The van der Waals surface area contributed by atoms with E-state index in [9.17, 15) is 9.18 Å². The van der Waals surface area contributed by atoms with Crippen LogP contribution in [0.3, 0.4) is 0 Å². The van der Waals surface area contributed by atoms with E-state index in [4.69, 9.17) is 4.74 Å². The lowest BCUT2D eigenvalue weighted by Gasteiger charge is -2.17. The normalized spacial score (nSPS) is 17.1. The summed E-state index contributed by atoms with van der Waals surface area (Å²) in [5, 5.41) is 10.9. The Labute approximate surface area is 155 Å². The first-order valence-corrected chi connectivity index (χ1v) is 8.72. The number of fused-ring (bicyclic) bond motifs is 5. The lowest BCUT2D eigenvalue weighted by atomic mass is 10.1. The summed E-state index contributed by atoms with van der Waals surface area (Å²) in [6, 6.07) is 9.30. The number of hydrogen-bond acceptors (Lipinski definition) is 5. The van der Waals surface area contributed by atoms with E-state index >= 15 is 0 Å². The van der Waals surface area contributed by atoms with Gasteiger partial charge in [-0.3, -0.25) is 4.79 Å². The Morgan fingerprint density at radius 1 is 1.30 bits per heavy atom. The maximum atomic E-state index is 13.6. The Morgan fingerprint density at radius 3 is 3.07 bits per heavy atom. The number of rotatable bonds is 0. The van der Waals surface area contributed by atoms with Gasteiger partial charge in [-0.05, 0) is 44.0 Å². The Bertz CT molecular complexity index is 988. The van der Waals surface area contributed by atoms with Crippen LogP contribution in [0.25, 0.3) is 11.5 Å². The molecule has 1 atom stereocenters. The lowest BCUT2D eigenvalue weighted by molar-refractivity contribution is 0.102. The fourth-order valence-electron chi connectivity index (χ4n) is 3.06. The van der Waals surface area contributed by atoms with Gasteiger partial charge in [-0.25, -0.2) is 9.37 Å². The topological polar surface area (TPSA) is 81.9 Å². The maximum Gasteiger partial charge on any atom is 0.260 e. The third-order valence-corrected chi connectivity index (χ3v) is 4.48. The number of aromatic nitrogens is 4. The highest BCUT2D eigenvalue weighted by Crippen LogP contribution is 2.25. The van der Waals surface area contributed by atoms with Gasteiger partial charge >= 0.3 is 0 Å². The molecular formula is C19H18FN5O2. The second kappa shape index (κ2) is 7.14. The van der Waals surface area contributed by atoms with Crippen LogP contribution in [-0.2, 0) is 0 Å². The Morgan fingerprint density at radius 2 is 2.19 bits per heavy atom. The van der Waals surface area contributed by atoms with Crippen molar-refractivity contribution in [3.8, 4) is 17.3 Å². The molecule has 1 aliphatic heterocycles. The van der Waals surface area contributed by atoms with Crippen LogP contribution in [0.2, 0.25) is 0 Å². The largest absolute Gasteiger partial charge is 0.493 e. The monoisotopic (exact) mass is 367 g/mol. The van der Waals surface area contributed by atoms with Crippen LogP contribution >= 0.6 is 0 Å². The molecule has 0 saturated carbocycles. The van der Waals surface area contributed by atoms with Crippen molar-refractivity contribution in [3.05, 3.63) is 54.1 Å². The molecule has 2 bridgehead atoms. The molecule has 1 amide bonds. The van der Waals surface area contributed by atoms with E-state index in [0.717, 1.165) is 12.8 Å². The Kier molecular flexibility index (Phi) is 4.53. The molecule has 4 rings (SSSR count). The zero-order valence-electron chi connectivity index (χ0n) is 14.7. The van der Waals surface area contributed by atoms with Crippen molar-refractivity contribution < 1.29 is 13.9 Å². The molecule has 0 spiro atoms. The van der Waals surface area contributed by atoms with Gasteiger partial charge in [-0.2, -0.15) is 0 Å². The third kappa shape index (κ3) is 3.51. The summed E-state index contributed by atoms with van der Waals surface area (Å²) in [7, 11) is 0. The van der Waals surface area contributed by atoms with Gasteiger partial charge in [0.15, 0.2) is 5.82 Å². The minimum absolute atomic E-state index is 0.133. The number of anilines is 1. The van der Waals surface area contributed by atoms with Crippen molar-refractivity contribution in [2.75, 3.05) is 11.9 Å². The van der Waals surface area contributed by atoms with Crippen molar-refractivity contribution in [1.29, 1.82) is 0 Å². The molecule has 2 aromatic heterocycles. The van der Waals surface area contributed by atoms with Gasteiger partial charge in [0.25, 0.3) is 5.91 Å². The number of hydrogen-bond donors (Lipinski definition) is 1. The number of nitrogens with one attached hydrogen (secondary N) is 1. The van der Waals surface area contributed by atoms with Crippen LogP contribution < -0.4 is 10.1 Å². The minimum Gasteiger partial charge on any atom is -0.493 e. The number of carbonyl (C=O) groups is 1. The van der Waals surface area contributed by atoms with Gasteiger partial charge < -0.3 is 14.6 Å². The van der Waals surface area contributed by atoms with E-state index in [1.54, 1.807) is 18.5 Å². The number of nitrogens with zero attached hydrogens (tertiary/aromatic N) is 4. The van der Waals surface area contributed by atoms with Crippen LogP contribution in [0.15, 0.2) is 42.7 Å². The van der Waals surface area contributed by atoms with Gasteiger partial charge in [0.1, 0.15) is 29.4 Å². The molecular weight excluding hydrogens is 349 g/mol. The van der Waals surface area contributed by atoms with Gasteiger partial charge in [0, 0.05) is 12.1 Å². The molecule has 8 heteroatoms. The number of amides is 1. The Balaban J connectivity index is 1.76. The van der Waals surface area contributed by atoms with Crippen LogP contribution in [0, 0.1) is 5.82 Å². The average molecular weight is 367 g/mol. The average Bonchev–Trinajstić information content (AvgIpc) is 3.14. The molecule has 7 nitrogen and oxygen atoms in total. The van der Waals surface area contributed by atoms with Crippen molar-refractivity contribution in [3.63, 3.8) is 0 Å². The fourth-order valence-corrected chi connectivity index (χ4v) is 3.06. The highest BCUT2D eigenvalue weighted by molar-refractivity contribution is 6.05. The van der Waals surface area contributed by atoms with Crippen molar-refractivity contribution >= 4 is 11.7 Å². The summed E-state index contributed by atoms with van der Waals surface area (Å²) in [6.07, 6.45) is 3.20. The molecule has 1 aromatic carbocycles. The SMILES string of the molecule is C[C@H]1CCCOc2cc(F)ccc2C(=O)Nc2cccc(n2)-c2nncn21. The highest BCUT2D eigenvalue weighted by atomic mass is 19.1. The zero-order valence-corrected chi connectivity index (χ0v) is 14.7. The van der Waals surface area contributed by atoms with Crippen molar-refractivity contribution in [1.82, 2.24) is 19.7 Å². The van der Waals surface area contributed by atoms with E-state index in [2.05, 4.69) is 27.4 Å². The molecule has 0 saturated heterocycles. The standard InChI is InChI=1S/C19H18FN5O2/c1-12-4-3-9-27-16-10-13(20)7-8-14(16)19(26)23-17-6-2-5-15(22-17)18-24-21-11-25(12)18/h2,5-8,10-12H,3-4,9H2,1H3,(H,22,23,26)/t12-/m0/s1. The summed E-state index contributed by atoms with van der Waals surface area (Å²) in [5.74, 6) is 0.358. The van der Waals surface area contributed by atoms with Gasteiger partial charge in [-0.15, -0.1) is 10.2 Å². The summed E-state index contributed by atoms with van der Waals surface area (Å²) in [6.45, 7) is 2.44. The zero-order chi connectivity index (χ0) is 18.8. The molecule has 1 aliphatic rings. The molecule has 3 aromatic rings. The molecule has 0 aliphatic carbocycles. The van der Waals surface area contributed by atoms with Crippen LogP contribution in [-0.4, -0.2) is 32.3 Å². The summed E-state index contributed by atoms with van der Waals surface area (Å²) < 4.78 is 21.3. The number of ether oxygens (including phenoxy) is 1.